The van der Waals surface area contributed by atoms with Gasteiger partial charge in [-0.1, -0.05) is 33.5 Å². The molecule has 0 bridgehead atoms. The molecule has 2 aromatic heterocycles. The van der Waals surface area contributed by atoms with Crippen molar-refractivity contribution in [2.75, 3.05) is 19.0 Å². The second kappa shape index (κ2) is 11.2. The Morgan fingerprint density at radius 2 is 1.94 bits per heavy atom. The lowest BCUT2D eigenvalue weighted by Crippen LogP contribution is -2.22. The van der Waals surface area contributed by atoms with E-state index in [9.17, 15) is 12.8 Å². The summed E-state index contributed by atoms with van der Waals surface area (Å²) in [7, 11) is 1.50. The summed E-state index contributed by atoms with van der Waals surface area (Å²) in [5, 5.41) is 6.66. The third-order valence-electron chi connectivity index (χ3n) is 5.33. The van der Waals surface area contributed by atoms with Crippen LogP contribution in [0.2, 0.25) is 25.7 Å². The number of hydrogen-bond acceptors (Lipinski definition) is 8. The van der Waals surface area contributed by atoms with E-state index in [0.717, 1.165) is 6.04 Å². The van der Waals surface area contributed by atoms with Crippen LogP contribution in [-0.2, 0) is 20.5 Å². The summed E-state index contributed by atoms with van der Waals surface area (Å²) < 4.78 is 51.0. The normalized spacial score (nSPS) is 12.2. The number of anilines is 2. The highest BCUT2D eigenvalue weighted by atomic mass is 35.7. The number of rotatable bonds is 11. The fourth-order valence-corrected chi connectivity index (χ4v) is 4.73. The van der Waals surface area contributed by atoms with Gasteiger partial charge in [0.2, 0.25) is 11.8 Å². The molecule has 0 spiro atoms. The van der Waals surface area contributed by atoms with Crippen molar-refractivity contribution in [3.05, 3.63) is 41.8 Å². The number of halogens is 2. The zero-order valence-electron chi connectivity index (χ0n) is 21.2. The summed E-state index contributed by atoms with van der Waals surface area (Å²) in [6.45, 7) is 11.0. The van der Waals surface area contributed by atoms with Gasteiger partial charge >= 0.3 is 0 Å². The van der Waals surface area contributed by atoms with E-state index in [1.807, 2.05) is 13.8 Å². The maximum absolute atomic E-state index is 14.7. The lowest BCUT2D eigenvalue weighted by Gasteiger charge is -2.20. The minimum absolute atomic E-state index is 0.0388. The van der Waals surface area contributed by atoms with E-state index in [0.29, 0.717) is 34.9 Å². The molecule has 3 aromatic rings. The lowest BCUT2D eigenvalue weighted by atomic mass is 9.94. The summed E-state index contributed by atoms with van der Waals surface area (Å²) in [6.07, 6.45) is 1.56. The molecule has 3 rings (SSSR count). The number of ether oxygens (including phenoxy) is 2. The molecule has 36 heavy (non-hydrogen) atoms. The molecule has 0 saturated carbocycles. The van der Waals surface area contributed by atoms with Gasteiger partial charge in [0, 0.05) is 43.2 Å². The SMILES string of the molecule is COc1cc(-c2cc(F)cc(C(C)C)c2Nc2nc(S(=O)(=O)Cl)nn2COCC[Si](C)(C)C)ccn1. The molecule has 0 aliphatic rings. The number of pyridine rings is 1. The van der Waals surface area contributed by atoms with Crippen molar-refractivity contribution in [2.45, 2.75) is 57.3 Å². The molecule has 196 valence electrons. The van der Waals surface area contributed by atoms with E-state index in [4.69, 9.17) is 20.2 Å². The first-order chi connectivity index (χ1) is 16.8. The van der Waals surface area contributed by atoms with E-state index < -0.39 is 28.1 Å². The standard InChI is InChI=1S/C23H31ClFN5O4SSi/c1-15(2)18-12-17(25)13-19(16-7-8-26-20(11-16)33-3)21(18)27-22-28-23(35(24,31)32)29-30(22)14-34-9-10-36(4,5)6/h7-8,11-13,15H,9-10,14H2,1-6H3,(H,27,28,29). The first-order valence-electron chi connectivity index (χ1n) is 11.4. The van der Waals surface area contributed by atoms with E-state index in [1.165, 1.54) is 23.9 Å². The molecule has 0 saturated heterocycles. The summed E-state index contributed by atoms with van der Waals surface area (Å²) in [5.41, 5.74) is 2.36. The van der Waals surface area contributed by atoms with Crippen LogP contribution < -0.4 is 10.1 Å². The van der Waals surface area contributed by atoms with Crippen LogP contribution in [0, 0.1) is 5.82 Å². The van der Waals surface area contributed by atoms with Gasteiger partial charge in [-0.25, -0.2) is 22.5 Å². The molecule has 13 heteroatoms. The van der Waals surface area contributed by atoms with Gasteiger partial charge in [0.05, 0.1) is 12.8 Å². The Labute approximate surface area is 216 Å². The van der Waals surface area contributed by atoms with E-state index in [-0.39, 0.29) is 18.6 Å². The molecule has 1 N–H and O–H groups in total. The second-order valence-electron chi connectivity index (χ2n) is 9.79. The highest BCUT2D eigenvalue weighted by molar-refractivity contribution is 8.13. The Bertz CT molecular complexity index is 1330. The first-order valence-corrected chi connectivity index (χ1v) is 17.4. The lowest BCUT2D eigenvalue weighted by molar-refractivity contribution is 0.0792. The summed E-state index contributed by atoms with van der Waals surface area (Å²) in [4.78, 5) is 8.24. The predicted molar refractivity (Wildman–Crippen MR) is 141 cm³/mol. The van der Waals surface area contributed by atoms with Gasteiger partial charge in [-0.15, -0.1) is 5.10 Å². The molecule has 1 aromatic carbocycles. The van der Waals surface area contributed by atoms with Crippen molar-refractivity contribution in [2.24, 2.45) is 0 Å². The molecule has 0 aliphatic carbocycles. The molecule has 9 nitrogen and oxygen atoms in total. The maximum atomic E-state index is 14.7. The van der Waals surface area contributed by atoms with Gasteiger partial charge in [0.1, 0.15) is 12.5 Å². The Morgan fingerprint density at radius 1 is 1.22 bits per heavy atom. The van der Waals surface area contributed by atoms with Crippen LogP contribution in [0.3, 0.4) is 0 Å². The molecule has 0 radical (unpaired) electrons. The van der Waals surface area contributed by atoms with Crippen LogP contribution in [-0.4, -0.2) is 50.0 Å². The van der Waals surface area contributed by atoms with Crippen LogP contribution >= 0.6 is 10.7 Å². The van der Waals surface area contributed by atoms with Gasteiger partial charge in [-0.05, 0) is 41.3 Å². The zero-order valence-corrected chi connectivity index (χ0v) is 23.7. The van der Waals surface area contributed by atoms with E-state index >= 15 is 0 Å². The summed E-state index contributed by atoms with van der Waals surface area (Å²) in [5.74, 6) is -0.0391. The van der Waals surface area contributed by atoms with Crippen molar-refractivity contribution in [1.82, 2.24) is 19.7 Å². The molecule has 0 fully saturated rings. The molecular weight excluding hydrogens is 525 g/mol. The maximum Gasteiger partial charge on any atom is 0.298 e. The average Bonchev–Trinajstić information content (AvgIpc) is 3.20. The number of benzene rings is 1. The molecule has 0 amide bonds. The molecule has 0 atom stereocenters. The number of nitrogens with zero attached hydrogens (tertiary/aromatic N) is 4. The minimum atomic E-state index is -4.20. The fourth-order valence-electron chi connectivity index (χ4n) is 3.39. The van der Waals surface area contributed by atoms with Crippen LogP contribution in [0.1, 0.15) is 25.3 Å². The second-order valence-corrected chi connectivity index (χ2v) is 17.9. The smallest absolute Gasteiger partial charge is 0.298 e. The summed E-state index contributed by atoms with van der Waals surface area (Å²) in [6, 6.07) is 7.15. The van der Waals surface area contributed by atoms with Gasteiger partial charge in [0.15, 0.2) is 0 Å². The number of nitrogens with one attached hydrogen (secondary N) is 1. The molecule has 0 unspecified atom stereocenters. The van der Waals surface area contributed by atoms with Crippen LogP contribution in [0.4, 0.5) is 16.0 Å². The Kier molecular flexibility index (Phi) is 8.75. The quantitative estimate of drug-likeness (QED) is 0.185. The number of aromatic nitrogens is 4. The van der Waals surface area contributed by atoms with Crippen molar-refractivity contribution in [1.29, 1.82) is 0 Å². The average molecular weight is 556 g/mol. The largest absolute Gasteiger partial charge is 0.481 e. The third-order valence-corrected chi connectivity index (χ3v) is 8.06. The Hall–Kier alpha value is -2.54. The zero-order chi connectivity index (χ0) is 26.7. The minimum Gasteiger partial charge on any atom is -0.481 e. The molecule has 0 aliphatic heterocycles. The van der Waals surface area contributed by atoms with Crippen LogP contribution in [0.5, 0.6) is 5.88 Å². The van der Waals surface area contributed by atoms with Crippen LogP contribution in [0.15, 0.2) is 35.6 Å². The number of hydrogen-bond donors (Lipinski definition) is 1. The van der Waals surface area contributed by atoms with Gasteiger partial charge in [-0.2, -0.15) is 4.98 Å². The topological polar surface area (TPSA) is 108 Å². The van der Waals surface area contributed by atoms with Crippen molar-refractivity contribution >= 4 is 39.4 Å². The van der Waals surface area contributed by atoms with Crippen molar-refractivity contribution in [3.8, 4) is 17.0 Å². The predicted octanol–water partition coefficient (Wildman–Crippen LogP) is 5.59. The van der Waals surface area contributed by atoms with Crippen LogP contribution in [0.25, 0.3) is 11.1 Å². The Morgan fingerprint density at radius 3 is 2.56 bits per heavy atom. The highest BCUT2D eigenvalue weighted by Gasteiger charge is 2.23. The number of methoxy groups -OCH3 is 1. The van der Waals surface area contributed by atoms with Crippen molar-refractivity contribution in [3.63, 3.8) is 0 Å². The Balaban J connectivity index is 2.08. The third kappa shape index (κ3) is 7.25. The van der Waals surface area contributed by atoms with Gasteiger partial charge in [0.25, 0.3) is 14.2 Å². The van der Waals surface area contributed by atoms with Crippen molar-refractivity contribution < 1.29 is 22.3 Å². The van der Waals surface area contributed by atoms with Gasteiger partial charge in [-0.3, -0.25) is 0 Å². The molecular formula is C23H31ClFN5O4SSi. The fraction of sp³-hybridized carbons (Fsp3) is 0.435. The first kappa shape index (κ1) is 28.0. The highest BCUT2D eigenvalue weighted by Crippen LogP contribution is 2.38. The van der Waals surface area contributed by atoms with E-state index in [1.54, 1.807) is 18.3 Å². The monoisotopic (exact) mass is 555 g/mol. The van der Waals surface area contributed by atoms with Gasteiger partial charge < -0.3 is 14.8 Å². The molecule has 2 heterocycles. The van der Waals surface area contributed by atoms with E-state index in [2.05, 4.69) is 40.0 Å². The summed E-state index contributed by atoms with van der Waals surface area (Å²) >= 11 is 0.